The molecule has 9 heteroatoms. The Bertz CT molecular complexity index is 1110. The van der Waals surface area contributed by atoms with Gasteiger partial charge in [-0.25, -0.2) is 0 Å². The number of Topliss-reactive ketones (excluding diaryl/α,β-unsaturated/α-hetero) is 1. The normalized spacial score (nSPS) is 18.4. The lowest BCUT2D eigenvalue weighted by atomic mass is 9.95. The van der Waals surface area contributed by atoms with Gasteiger partial charge in [0.15, 0.2) is 4.34 Å². The van der Waals surface area contributed by atoms with Gasteiger partial charge in [-0.1, -0.05) is 65.0 Å². The standard InChI is InChI=1S/C20H14ClN3O3S2/c1-28-20-23-22-19(29-20)24-15(11-5-3-2-4-6-11)14(17(26)18(24)27)16(25)12-7-9-13(21)10-8-12/h2-10,15,25H,1H3/t15-/m1/s1. The fourth-order valence-corrected chi connectivity index (χ4v) is 4.54. The Morgan fingerprint density at radius 3 is 2.41 bits per heavy atom. The molecule has 0 spiro atoms. The van der Waals surface area contributed by atoms with E-state index >= 15 is 0 Å². The molecule has 1 N–H and O–H groups in total. The molecule has 1 saturated heterocycles. The summed E-state index contributed by atoms with van der Waals surface area (Å²) in [6.45, 7) is 0. The highest BCUT2D eigenvalue weighted by Crippen LogP contribution is 2.43. The first kappa shape index (κ1) is 19.6. The molecule has 0 radical (unpaired) electrons. The Morgan fingerprint density at radius 2 is 1.79 bits per heavy atom. The number of aromatic nitrogens is 2. The van der Waals surface area contributed by atoms with Crippen molar-refractivity contribution in [1.29, 1.82) is 0 Å². The summed E-state index contributed by atoms with van der Waals surface area (Å²) in [5, 5.41) is 19.9. The van der Waals surface area contributed by atoms with Crippen molar-refractivity contribution >= 4 is 57.3 Å². The maximum Gasteiger partial charge on any atom is 0.301 e. The van der Waals surface area contributed by atoms with E-state index in [1.807, 2.05) is 24.5 Å². The van der Waals surface area contributed by atoms with Crippen LogP contribution in [-0.2, 0) is 9.59 Å². The Labute approximate surface area is 179 Å². The second kappa shape index (κ2) is 7.98. The maximum absolute atomic E-state index is 12.9. The van der Waals surface area contributed by atoms with Crippen molar-refractivity contribution in [2.24, 2.45) is 0 Å². The molecule has 0 saturated carbocycles. The smallest absolute Gasteiger partial charge is 0.301 e. The van der Waals surface area contributed by atoms with Crippen LogP contribution in [0.1, 0.15) is 17.2 Å². The van der Waals surface area contributed by atoms with Crippen LogP contribution in [0.3, 0.4) is 0 Å². The van der Waals surface area contributed by atoms with Crippen molar-refractivity contribution in [3.8, 4) is 0 Å². The van der Waals surface area contributed by atoms with Gasteiger partial charge >= 0.3 is 5.91 Å². The van der Waals surface area contributed by atoms with E-state index in [1.54, 1.807) is 36.4 Å². The van der Waals surface area contributed by atoms with Crippen LogP contribution >= 0.6 is 34.7 Å². The van der Waals surface area contributed by atoms with Crippen LogP contribution in [0.2, 0.25) is 5.02 Å². The first-order valence-corrected chi connectivity index (χ1v) is 10.9. The van der Waals surface area contributed by atoms with Gasteiger partial charge in [0, 0.05) is 10.6 Å². The molecule has 2 aromatic carbocycles. The summed E-state index contributed by atoms with van der Waals surface area (Å²) < 4.78 is 0.673. The predicted molar refractivity (Wildman–Crippen MR) is 114 cm³/mol. The van der Waals surface area contributed by atoms with E-state index in [1.165, 1.54) is 28.0 Å². The molecular weight excluding hydrogens is 430 g/mol. The molecule has 1 atom stereocenters. The average molecular weight is 444 g/mol. The molecule has 4 rings (SSSR count). The lowest BCUT2D eigenvalue weighted by Crippen LogP contribution is -2.29. The second-order valence-electron chi connectivity index (χ2n) is 6.14. The number of benzene rings is 2. The van der Waals surface area contributed by atoms with Gasteiger partial charge in [-0.3, -0.25) is 14.5 Å². The number of halogens is 1. The van der Waals surface area contributed by atoms with Crippen molar-refractivity contribution in [2.45, 2.75) is 10.4 Å². The van der Waals surface area contributed by atoms with Gasteiger partial charge in [-0.2, -0.15) is 0 Å². The summed E-state index contributed by atoms with van der Waals surface area (Å²) in [6, 6.07) is 14.7. The lowest BCUT2D eigenvalue weighted by Gasteiger charge is -2.22. The minimum Gasteiger partial charge on any atom is -0.507 e. The Balaban J connectivity index is 1.91. The van der Waals surface area contributed by atoms with Crippen LogP contribution in [0.4, 0.5) is 5.13 Å². The van der Waals surface area contributed by atoms with E-state index < -0.39 is 17.7 Å². The highest BCUT2D eigenvalue weighted by molar-refractivity contribution is 8.00. The quantitative estimate of drug-likeness (QED) is 0.209. The van der Waals surface area contributed by atoms with Crippen LogP contribution in [-0.4, -0.2) is 33.3 Å². The number of carbonyl (C=O) groups excluding carboxylic acids is 2. The molecule has 2 heterocycles. The van der Waals surface area contributed by atoms with Crippen LogP contribution in [0.5, 0.6) is 0 Å². The number of thioether (sulfide) groups is 1. The summed E-state index contributed by atoms with van der Waals surface area (Å²) in [7, 11) is 0. The van der Waals surface area contributed by atoms with E-state index in [4.69, 9.17) is 11.6 Å². The third-order valence-electron chi connectivity index (χ3n) is 4.45. The SMILES string of the molecule is CSc1nnc(N2C(=O)C(=O)C(=C(O)c3ccc(Cl)cc3)[C@H]2c2ccccc2)s1. The minimum absolute atomic E-state index is 0.00410. The molecule has 1 amide bonds. The highest BCUT2D eigenvalue weighted by Gasteiger charge is 2.48. The molecule has 1 aromatic heterocycles. The number of nitrogens with zero attached hydrogens (tertiary/aromatic N) is 3. The Morgan fingerprint density at radius 1 is 1.10 bits per heavy atom. The zero-order chi connectivity index (χ0) is 20.5. The number of aliphatic hydroxyl groups excluding tert-OH is 1. The summed E-state index contributed by atoms with van der Waals surface area (Å²) in [5.41, 5.74) is 1.09. The molecule has 0 bridgehead atoms. The van der Waals surface area contributed by atoms with Gasteiger partial charge in [0.2, 0.25) is 5.13 Å². The molecule has 3 aromatic rings. The van der Waals surface area contributed by atoms with Gasteiger partial charge < -0.3 is 5.11 Å². The average Bonchev–Trinajstić information content (AvgIpc) is 3.31. The molecule has 1 fully saturated rings. The molecule has 6 nitrogen and oxygen atoms in total. The minimum atomic E-state index is -0.811. The van der Waals surface area contributed by atoms with Crippen LogP contribution in [0.25, 0.3) is 5.76 Å². The highest BCUT2D eigenvalue weighted by atomic mass is 35.5. The van der Waals surface area contributed by atoms with Gasteiger partial charge in [0.1, 0.15) is 5.76 Å². The van der Waals surface area contributed by atoms with Gasteiger partial charge in [-0.15, -0.1) is 10.2 Å². The molecule has 0 aliphatic carbocycles. The first-order valence-electron chi connectivity index (χ1n) is 8.50. The number of hydrogen-bond acceptors (Lipinski definition) is 7. The topological polar surface area (TPSA) is 83.4 Å². The third-order valence-corrected chi connectivity index (χ3v) is 6.60. The van der Waals surface area contributed by atoms with Crippen LogP contribution in [0.15, 0.2) is 64.5 Å². The second-order valence-corrected chi connectivity index (χ2v) is 8.59. The monoisotopic (exact) mass is 443 g/mol. The zero-order valence-electron chi connectivity index (χ0n) is 15.1. The molecule has 0 unspecified atom stereocenters. The van der Waals surface area contributed by atoms with Crippen LogP contribution in [0, 0.1) is 0 Å². The van der Waals surface area contributed by atoms with Gasteiger partial charge in [-0.05, 0) is 36.1 Å². The number of rotatable bonds is 4. The van der Waals surface area contributed by atoms with Crippen molar-refractivity contribution in [3.63, 3.8) is 0 Å². The van der Waals surface area contributed by atoms with E-state index in [2.05, 4.69) is 10.2 Å². The zero-order valence-corrected chi connectivity index (χ0v) is 17.5. The van der Waals surface area contributed by atoms with Crippen molar-refractivity contribution in [1.82, 2.24) is 10.2 Å². The number of amides is 1. The van der Waals surface area contributed by atoms with E-state index in [-0.39, 0.29) is 11.3 Å². The van der Waals surface area contributed by atoms with Crippen LogP contribution < -0.4 is 4.90 Å². The number of anilines is 1. The van der Waals surface area contributed by atoms with Crippen molar-refractivity contribution in [3.05, 3.63) is 76.3 Å². The fraction of sp³-hybridized carbons (Fsp3) is 0.100. The Kier molecular flexibility index (Phi) is 5.40. The van der Waals surface area contributed by atoms with Gasteiger partial charge in [0.25, 0.3) is 5.78 Å². The Hall–Kier alpha value is -2.68. The summed E-state index contributed by atoms with van der Waals surface area (Å²) in [4.78, 5) is 27.2. The summed E-state index contributed by atoms with van der Waals surface area (Å²) in [5.74, 6) is -1.78. The predicted octanol–water partition coefficient (Wildman–Crippen LogP) is 4.54. The van der Waals surface area contributed by atoms with Crippen molar-refractivity contribution in [2.75, 3.05) is 11.2 Å². The third kappa shape index (κ3) is 3.55. The molecule has 29 heavy (non-hydrogen) atoms. The maximum atomic E-state index is 12.9. The molecule has 1 aliphatic heterocycles. The largest absolute Gasteiger partial charge is 0.507 e. The first-order chi connectivity index (χ1) is 14.0. The lowest BCUT2D eigenvalue weighted by molar-refractivity contribution is -0.132. The van der Waals surface area contributed by atoms with Crippen molar-refractivity contribution < 1.29 is 14.7 Å². The van der Waals surface area contributed by atoms with E-state index in [0.717, 1.165) is 0 Å². The molecule has 146 valence electrons. The fourth-order valence-electron chi connectivity index (χ4n) is 3.13. The molecule has 1 aliphatic rings. The van der Waals surface area contributed by atoms with E-state index in [0.29, 0.717) is 25.6 Å². The molecular formula is C20H14ClN3O3S2. The van der Waals surface area contributed by atoms with E-state index in [9.17, 15) is 14.7 Å². The summed E-state index contributed by atoms with van der Waals surface area (Å²) in [6.07, 6.45) is 1.85. The number of aliphatic hydroxyl groups is 1. The summed E-state index contributed by atoms with van der Waals surface area (Å²) >= 11 is 8.55. The number of hydrogen-bond donors (Lipinski definition) is 1. The number of ketones is 1. The number of carbonyl (C=O) groups is 2. The van der Waals surface area contributed by atoms with Gasteiger partial charge in [0.05, 0.1) is 11.6 Å².